The van der Waals surface area contributed by atoms with Crippen LogP contribution in [0.2, 0.25) is 0 Å². The first-order valence-electron chi connectivity index (χ1n) is 7.02. The molecule has 0 unspecified atom stereocenters. The minimum absolute atomic E-state index is 0.0262. The van der Waals surface area contributed by atoms with Gasteiger partial charge in [-0.3, -0.25) is 4.79 Å². The van der Waals surface area contributed by atoms with E-state index >= 15 is 0 Å². The molecular weight excluding hydrogens is 240 g/mol. The highest BCUT2D eigenvalue weighted by molar-refractivity contribution is 5.95. The number of hydrogen-bond acceptors (Lipinski definition) is 3. The van der Waals surface area contributed by atoms with Gasteiger partial charge in [0.25, 0.3) is 5.91 Å². The average molecular weight is 262 g/mol. The number of amides is 1. The standard InChI is InChI=1S/C15H22N2O2/c1-2-9-16-13-5-3-12(4-6-13)15(19)17(10-11-18)14-7-8-14/h3-6,14,16,18H,2,7-11H2,1H3. The van der Waals surface area contributed by atoms with Gasteiger partial charge in [-0.25, -0.2) is 0 Å². The first-order chi connectivity index (χ1) is 9.26. The number of carbonyl (C=O) groups is 1. The van der Waals surface area contributed by atoms with Gasteiger partial charge in [0.15, 0.2) is 0 Å². The van der Waals surface area contributed by atoms with Gasteiger partial charge in [-0.15, -0.1) is 0 Å². The lowest BCUT2D eigenvalue weighted by Crippen LogP contribution is -2.35. The predicted molar refractivity (Wildman–Crippen MR) is 76.4 cm³/mol. The quantitative estimate of drug-likeness (QED) is 0.791. The van der Waals surface area contributed by atoms with Gasteiger partial charge in [-0.2, -0.15) is 0 Å². The van der Waals surface area contributed by atoms with Gasteiger partial charge in [0, 0.05) is 30.4 Å². The van der Waals surface area contributed by atoms with Crippen LogP contribution in [-0.2, 0) is 0 Å². The minimum Gasteiger partial charge on any atom is -0.395 e. The fourth-order valence-electron chi connectivity index (χ4n) is 2.11. The van der Waals surface area contributed by atoms with Crippen molar-refractivity contribution in [2.75, 3.05) is 25.0 Å². The lowest BCUT2D eigenvalue weighted by atomic mass is 10.1. The largest absolute Gasteiger partial charge is 0.395 e. The number of carbonyl (C=O) groups excluding carboxylic acids is 1. The normalized spacial score (nSPS) is 14.2. The van der Waals surface area contributed by atoms with Crippen LogP contribution < -0.4 is 5.32 Å². The maximum atomic E-state index is 12.3. The summed E-state index contributed by atoms with van der Waals surface area (Å²) < 4.78 is 0. The van der Waals surface area contributed by atoms with Crippen molar-refractivity contribution in [2.45, 2.75) is 32.2 Å². The van der Waals surface area contributed by atoms with E-state index < -0.39 is 0 Å². The maximum Gasteiger partial charge on any atom is 0.254 e. The van der Waals surface area contributed by atoms with E-state index in [0.717, 1.165) is 31.5 Å². The number of aliphatic hydroxyl groups is 1. The van der Waals surface area contributed by atoms with Gasteiger partial charge in [0.2, 0.25) is 0 Å². The zero-order valence-electron chi connectivity index (χ0n) is 11.4. The monoisotopic (exact) mass is 262 g/mol. The van der Waals surface area contributed by atoms with Crippen molar-refractivity contribution in [1.29, 1.82) is 0 Å². The summed E-state index contributed by atoms with van der Waals surface area (Å²) in [6.07, 6.45) is 3.19. The van der Waals surface area contributed by atoms with Crippen molar-refractivity contribution >= 4 is 11.6 Å². The van der Waals surface area contributed by atoms with Gasteiger partial charge in [-0.1, -0.05) is 6.92 Å². The summed E-state index contributed by atoms with van der Waals surface area (Å²) in [6, 6.07) is 7.91. The third-order valence-electron chi connectivity index (χ3n) is 3.30. The van der Waals surface area contributed by atoms with Crippen LogP contribution in [0.15, 0.2) is 24.3 Å². The summed E-state index contributed by atoms with van der Waals surface area (Å²) in [5, 5.41) is 12.3. The van der Waals surface area contributed by atoms with Gasteiger partial charge in [0.05, 0.1) is 6.61 Å². The van der Waals surface area contributed by atoms with E-state index in [-0.39, 0.29) is 12.5 Å². The molecule has 1 aliphatic rings. The fraction of sp³-hybridized carbons (Fsp3) is 0.533. The van der Waals surface area contributed by atoms with Crippen LogP contribution >= 0.6 is 0 Å². The second-order valence-corrected chi connectivity index (χ2v) is 4.96. The van der Waals surface area contributed by atoms with E-state index in [0.29, 0.717) is 18.2 Å². The average Bonchev–Trinajstić information content (AvgIpc) is 3.27. The summed E-state index contributed by atoms with van der Waals surface area (Å²) >= 11 is 0. The SMILES string of the molecule is CCCNc1ccc(C(=O)N(CCO)C2CC2)cc1. The molecule has 1 amide bonds. The molecule has 0 atom stereocenters. The molecule has 0 aromatic heterocycles. The van der Waals surface area contributed by atoms with Gasteiger partial charge in [-0.05, 0) is 43.5 Å². The predicted octanol–water partition coefficient (Wildman–Crippen LogP) is 2.11. The summed E-state index contributed by atoms with van der Waals surface area (Å²) in [6.45, 7) is 3.51. The van der Waals surface area contributed by atoms with Crippen LogP contribution in [0.4, 0.5) is 5.69 Å². The molecule has 0 aliphatic heterocycles. The van der Waals surface area contributed by atoms with Gasteiger partial charge in [0.1, 0.15) is 0 Å². The Morgan fingerprint density at radius 3 is 2.58 bits per heavy atom. The minimum atomic E-state index is 0.0262. The number of anilines is 1. The number of rotatable bonds is 7. The van der Waals surface area contributed by atoms with E-state index in [1.165, 1.54) is 0 Å². The highest BCUT2D eigenvalue weighted by atomic mass is 16.3. The number of hydrogen-bond donors (Lipinski definition) is 2. The van der Waals surface area contributed by atoms with E-state index in [2.05, 4.69) is 12.2 Å². The maximum absolute atomic E-state index is 12.3. The molecule has 2 N–H and O–H groups in total. The summed E-state index contributed by atoms with van der Waals surface area (Å²) in [4.78, 5) is 14.1. The van der Waals surface area contributed by atoms with E-state index in [4.69, 9.17) is 5.11 Å². The molecule has 1 aromatic carbocycles. The van der Waals surface area contributed by atoms with Crippen molar-refractivity contribution in [3.05, 3.63) is 29.8 Å². The molecule has 1 aromatic rings. The molecule has 4 heteroatoms. The Morgan fingerprint density at radius 2 is 2.05 bits per heavy atom. The zero-order valence-corrected chi connectivity index (χ0v) is 11.4. The Morgan fingerprint density at radius 1 is 1.37 bits per heavy atom. The topological polar surface area (TPSA) is 52.6 Å². The van der Waals surface area contributed by atoms with Crippen molar-refractivity contribution in [1.82, 2.24) is 4.90 Å². The summed E-state index contributed by atoms with van der Waals surface area (Å²) in [5.41, 5.74) is 1.74. The van der Waals surface area contributed by atoms with Gasteiger partial charge >= 0.3 is 0 Å². The molecule has 4 nitrogen and oxygen atoms in total. The first-order valence-corrected chi connectivity index (χ1v) is 7.02. The lowest BCUT2D eigenvalue weighted by molar-refractivity contribution is 0.0707. The molecular formula is C15H22N2O2. The third-order valence-corrected chi connectivity index (χ3v) is 3.30. The van der Waals surface area contributed by atoms with Crippen LogP contribution in [0.25, 0.3) is 0 Å². The van der Waals surface area contributed by atoms with Crippen molar-refractivity contribution in [3.8, 4) is 0 Å². The van der Waals surface area contributed by atoms with Crippen LogP contribution in [0.1, 0.15) is 36.5 Å². The smallest absolute Gasteiger partial charge is 0.254 e. The van der Waals surface area contributed by atoms with Crippen LogP contribution in [-0.4, -0.2) is 41.7 Å². The van der Waals surface area contributed by atoms with Crippen LogP contribution in [0.3, 0.4) is 0 Å². The Hall–Kier alpha value is -1.55. The molecule has 0 spiro atoms. The molecule has 0 saturated heterocycles. The molecule has 1 aliphatic carbocycles. The van der Waals surface area contributed by atoms with E-state index in [9.17, 15) is 4.79 Å². The number of aliphatic hydroxyl groups excluding tert-OH is 1. The lowest BCUT2D eigenvalue weighted by Gasteiger charge is -2.21. The highest BCUT2D eigenvalue weighted by Gasteiger charge is 2.32. The number of nitrogens with zero attached hydrogens (tertiary/aromatic N) is 1. The Bertz CT molecular complexity index is 413. The number of nitrogens with one attached hydrogen (secondary N) is 1. The molecule has 1 saturated carbocycles. The molecule has 0 heterocycles. The third kappa shape index (κ3) is 3.70. The number of benzene rings is 1. The first kappa shape index (κ1) is 13.9. The summed E-state index contributed by atoms with van der Waals surface area (Å²) in [5.74, 6) is 0.0265. The molecule has 1 fully saturated rings. The fourth-order valence-corrected chi connectivity index (χ4v) is 2.11. The molecule has 104 valence electrons. The Kier molecular flexibility index (Phi) is 4.80. The van der Waals surface area contributed by atoms with Crippen molar-refractivity contribution < 1.29 is 9.90 Å². The van der Waals surface area contributed by atoms with Crippen molar-refractivity contribution in [2.24, 2.45) is 0 Å². The van der Waals surface area contributed by atoms with Crippen molar-refractivity contribution in [3.63, 3.8) is 0 Å². The summed E-state index contributed by atoms with van der Waals surface area (Å²) in [7, 11) is 0. The molecule has 0 bridgehead atoms. The highest BCUT2D eigenvalue weighted by Crippen LogP contribution is 2.28. The Labute approximate surface area is 114 Å². The second-order valence-electron chi connectivity index (χ2n) is 4.96. The molecule has 2 rings (SSSR count). The van der Waals surface area contributed by atoms with E-state index in [1.807, 2.05) is 24.3 Å². The van der Waals surface area contributed by atoms with Crippen LogP contribution in [0.5, 0.6) is 0 Å². The van der Waals surface area contributed by atoms with Crippen LogP contribution in [0, 0.1) is 0 Å². The zero-order chi connectivity index (χ0) is 13.7. The molecule has 0 radical (unpaired) electrons. The molecule has 19 heavy (non-hydrogen) atoms. The van der Waals surface area contributed by atoms with Gasteiger partial charge < -0.3 is 15.3 Å². The Balaban J connectivity index is 2.01. The van der Waals surface area contributed by atoms with E-state index in [1.54, 1.807) is 4.90 Å². The second kappa shape index (κ2) is 6.57.